The molecule has 2 aromatic carbocycles. The van der Waals surface area contributed by atoms with E-state index in [-0.39, 0.29) is 0 Å². The summed E-state index contributed by atoms with van der Waals surface area (Å²) in [7, 11) is 0. The van der Waals surface area contributed by atoms with Gasteiger partial charge in [-0.1, -0.05) is 62.4 Å². The highest BCUT2D eigenvalue weighted by atomic mass is 16.2. The Hall–Kier alpha value is -3.68. The summed E-state index contributed by atoms with van der Waals surface area (Å²) >= 11 is 0. The molecule has 1 aliphatic rings. The van der Waals surface area contributed by atoms with Crippen LogP contribution in [0.5, 0.6) is 0 Å². The lowest BCUT2D eigenvalue weighted by Crippen LogP contribution is -2.48. The van der Waals surface area contributed by atoms with Gasteiger partial charge in [-0.05, 0) is 48.4 Å². The fourth-order valence-electron chi connectivity index (χ4n) is 3.77. The van der Waals surface area contributed by atoms with Crippen molar-refractivity contribution in [1.82, 2.24) is 20.9 Å². The summed E-state index contributed by atoms with van der Waals surface area (Å²) in [5, 5.41) is 7.59. The molecule has 8 heteroatoms. The Kier molecular flexibility index (Phi) is 7.16. The number of rotatable bonds is 7. The van der Waals surface area contributed by atoms with Gasteiger partial charge >= 0.3 is 12.1 Å². The molecule has 0 radical (unpaired) electrons. The Balaban J connectivity index is 1.84. The molecule has 0 unspecified atom stereocenters. The number of urea groups is 2. The van der Waals surface area contributed by atoms with E-state index in [9.17, 15) is 19.2 Å². The summed E-state index contributed by atoms with van der Waals surface area (Å²) in [4.78, 5) is 51.8. The molecule has 8 nitrogen and oxygen atoms in total. The zero-order valence-electron chi connectivity index (χ0n) is 19.4. The van der Waals surface area contributed by atoms with Crippen LogP contribution >= 0.6 is 0 Å². The summed E-state index contributed by atoms with van der Waals surface area (Å²) in [6.07, 6.45) is 0.768. The highest BCUT2D eigenvalue weighted by Crippen LogP contribution is 2.36. The molecule has 0 aromatic heterocycles. The number of benzene rings is 2. The van der Waals surface area contributed by atoms with Crippen LogP contribution in [-0.2, 0) is 15.1 Å². The molecule has 1 heterocycles. The lowest BCUT2D eigenvalue weighted by molar-refractivity contribution is -0.134. The monoisotopic (exact) mass is 450 g/mol. The molecular formula is C25H30N4O4. The van der Waals surface area contributed by atoms with E-state index in [0.29, 0.717) is 23.6 Å². The predicted molar refractivity (Wildman–Crippen MR) is 124 cm³/mol. The molecule has 6 amide bonds. The number of aryl methyl sites for hydroxylation is 2. The molecule has 0 spiro atoms. The Labute approximate surface area is 193 Å². The Bertz CT molecular complexity index is 1070. The van der Waals surface area contributed by atoms with Gasteiger partial charge in [0.05, 0.1) is 0 Å². The number of hydrogen-bond acceptors (Lipinski definition) is 4. The molecule has 1 aliphatic heterocycles. The molecule has 33 heavy (non-hydrogen) atoms. The lowest BCUT2D eigenvalue weighted by Gasteiger charge is -2.28. The second kappa shape index (κ2) is 9.85. The third-order valence-electron chi connectivity index (χ3n) is 5.81. The summed E-state index contributed by atoms with van der Waals surface area (Å²) in [6, 6.07) is 13.1. The van der Waals surface area contributed by atoms with E-state index in [2.05, 4.69) is 16.0 Å². The van der Waals surface area contributed by atoms with Crippen LogP contribution in [-0.4, -0.2) is 41.9 Å². The van der Waals surface area contributed by atoms with Crippen molar-refractivity contribution in [3.05, 3.63) is 70.8 Å². The van der Waals surface area contributed by atoms with Gasteiger partial charge in [0.1, 0.15) is 6.54 Å². The topological polar surface area (TPSA) is 108 Å². The van der Waals surface area contributed by atoms with Crippen molar-refractivity contribution in [1.29, 1.82) is 0 Å². The first-order valence-electron chi connectivity index (χ1n) is 11.0. The molecule has 0 aliphatic carbocycles. The minimum atomic E-state index is -1.46. The Morgan fingerprint density at radius 1 is 1.00 bits per heavy atom. The van der Waals surface area contributed by atoms with E-state index in [1.54, 1.807) is 30.3 Å². The van der Waals surface area contributed by atoms with Gasteiger partial charge < -0.3 is 10.6 Å². The minimum absolute atomic E-state index is 0.406. The van der Waals surface area contributed by atoms with Crippen LogP contribution in [0.1, 0.15) is 42.5 Å². The van der Waals surface area contributed by atoms with Crippen molar-refractivity contribution in [3.8, 4) is 0 Å². The highest BCUT2D eigenvalue weighted by molar-refractivity contribution is 6.12. The number of nitrogens with one attached hydrogen (secondary N) is 3. The average molecular weight is 451 g/mol. The first kappa shape index (κ1) is 24.0. The van der Waals surface area contributed by atoms with E-state index in [1.807, 2.05) is 45.9 Å². The van der Waals surface area contributed by atoms with Crippen molar-refractivity contribution in [3.63, 3.8) is 0 Å². The van der Waals surface area contributed by atoms with Crippen molar-refractivity contribution in [2.45, 2.75) is 39.7 Å². The molecule has 174 valence electrons. The molecule has 1 saturated heterocycles. The predicted octanol–water partition coefficient (Wildman–Crippen LogP) is 2.97. The molecule has 3 N–H and O–H groups in total. The number of hydrogen-bond donors (Lipinski definition) is 3. The first-order valence-corrected chi connectivity index (χ1v) is 11.0. The minimum Gasteiger partial charge on any atom is -0.338 e. The number of imide groups is 2. The largest absolute Gasteiger partial charge is 0.338 e. The normalized spacial score (nSPS) is 17.8. The quantitative estimate of drug-likeness (QED) is 0.564. The average Bonchev–Trinajstić information content (AvgIpc) is 3.01. The van der Waals surface area contributed by atoms with Gasteiger partial charge in [-0.2, -0.15) is 0 Å². The SMILES string of the molecule is Cc1ccc([C@]2(c3ccccc3)NC(=O)N(CC(=O)NC(=O)NCCC(C)C)C2=O)cc1C. The molecule has 1 fully saturated rings. The molecular weight excluding hydrogens is 420 g/mol. The molecule has 0 saturated carbocycles. The van der Waals surface area contributed by atoms with E-state index in [0.717, 1.165) is 22.4 Å². The third kappa shape index (κ3) is 5.05. The summed E-state index contributed by atoms with van der Waals surface area (Å²) in [6.45, 7) is 7.80. The maximum atomic E-state index is 13.7. The van der Waals surface area contributed by atoms with E-state index >= 15 is 0 Å². The Morgan fingerprint density at radius 2 is 1.70 bits per heavy atom. The first-order chi connectivity index (χ1) is 15.6. The van der Waals surface area contributed by atoms with E-state index < -0.39 is 36.0 Å². The van der Waals surface area contributed by atoms with Crippen molar-refractivity contribution in [2.75, 3.05) is 13.1 Å². The van der Waals surface area contributed by atoms with Crippen LogP contribution in [0.15, 0.2) is 48.5 Å². The standard InChI is InChI=1S/C25H30N4O4/c1-16(2)12-13-26-23(32)27-21(30)15-29-22(31)25(28-24(29)33,19-8-6-5-7-9-19)20-11-10-17(3)18(4)14-20/h5-11,14,16H,12-13,15H2,1-4H3,(H,28,33)(H2,26,27,30,32)/t25-/m0/s1. The van der Waals surface area contributed by atoms with Gasteiger partial charge in [-0.25, -0.2) is 9.59 Å². The maximum absolute atomic E-state index is 13.7. The number of nitrogens with zero attached hydrogens (tertiary/aromatic N) is 1. The molecule has 3 rings (SSSR count). The van der Waals surface area contributed by atoms with Crippen LogP contribution < -0.4 is 16.0 Å². The number of amides is 6. The van der Waals surface area contributed by atoms with Crippen LogP contribution in [0.2, 0.25) is 0 Å². The maximum Gasteiger partial charge on any atom is 0.326 e. The second-order valence-electron chi connectivity index (χ2n) is 8.72. The van der Waals surface area contributed by atoms with Crippen LogP contribution in [0, 0.1) is 19.8 Å². The van der Waals surface area contributed by atoms with Crippen LogP contribution in [0.4, 0.5) is 9.59 Å². The fourth-order valence-corrected chi connectivity index (χ4v) is 3.77. The lowest BCUT2D eigenvalue weighted by atomic mass is 9.81. The number of carbonyl (C=O) groups excluding carboxylic acids is 4. The summed E-state index contributed by atoms with van der Waals surface area (Å²) in [5.74, 6) is -0.912. The Morgan fingerprint density at radius 3 is 2.33 bits per heavy atom. The van der Waals surface area contributed by atoms with E-state index in [4.69, 9.17) is 0 Å². The van der Waals surface area contributed by atoms with Crippen molar-refractivity contribution in [2.24, 2.45) is 5.92 Å². The fraction of sp³-hybridized carbons (Fsp3) is 0.360. The summed E-state index contributed by atoms with van der Waals surface area (Å²) in [5.41, 5.74) is 1.75. The zero-order chi connectivity index (χ0) is 24.2. The van der Waals surface area contributed by atoms with Crippen LogP contribution in [0.3, 0.4) is 0 Å². The van der Waals surface area contributed by atoms with Gasteiger partial charge in [0, 0.05) is 6.54 Å². The van der Waals surface area contributed by atoms with Gasteiger partial charge in [0.25, 0.3) is 5.91 Å². The van der Waals surface area contributed by atoms with Crippen molar-refractivity contribution < 1.29 is 19.2 Å². The zero-order valence-corrected chi connectivity index (χ0v) is 19.4. The van der Waals surface area contributed by atoms with Gasteiger partial charge in [0.15, 0.2) is 5.54 Å². The van der Waals surface area contributed by atoms with Crippen molar-refractivity contribution >= 4 is 23.9 Å². The molecule has 0 bridgehead atoms. The van der Waals surface area contributed by atoms with Crippen LogP contribution in [0.25, 0.3) is 0 Å². The molecule has 2 aromatic rings. The summed E-state index contributed by atoms with van der Waals surface area (Å²) < 4.78 is 0. The second-order valence-corrected chi connectivity index (χ2v) is 8.72. The van der Waals surface area contributed by atoms with Gasteiger partial charge in [-0.15, -0.1) is 0 Å². The number of carbonyl (C=O) groups is 4. The highest BCUT2D eigenvalue weighted by Gasteiger charge is 2.54. The third-order valence-corrected chi connectivity index (χ3v) is 5.81. The van der Waals surface area contributed by atoms with Gasteiger partial charge in [0.2, 0.25) is 5.91 Å². The van der Waals surface area contributed by atoms with E-state index in [1.165, 1.54) is 0 Å². The van der Waals surface area contributed by atoms with Gasteiger partial charge in [-0.3, -0.25) is 19.8 Å². The molecule has 1 atom stereocenters. The smallest absolute Gasteiger partial charge is 0.326 e.